The number of halogens is 1. The van der Waals surface area contributed by atoms with Crippen molar-refractivity contribution in [2.24, 2.45) is 5.73 Å². The highest BCUT2D eigenvalue weighted by atomic mass is 35.5. The molecule has 1 aliphatic heterocycles. The van der Waals surface area contributed by atoms with Crippen LogP contribution in [0.4, 0.5) is 0 Å². The second-order valence-electron chi connectivity index (χ2n) is 7.07. The lowest BCUT2D eigenvalue weighted by molar-refractivity contribution is -0.238. The molecule has 1 aromatic heterocycles. The van der Waals surface area contributed by atoms with Crippen LogP contribution in [-0.4, -0.2) is 37.8 Å². The van der Waals surface area contributed by atoms with Gasteiger partial charge in [0.2, 0.25) is 0 Å². The molecule has 1 radical (unpaired) electrons. The first-order valence-electron chi connectivity index (χ1n) is 7.74. The Bertz CT molecular complexity index is 844. The van der Waals surface area contributed by atoms with Gasteiger partial charge in [-0.1, -0.05) is 23.9 Å². The second kappa shape index (κ2) is 6.64. The lowest BCUT2D eigenvalue weighted by Gasteiger charge is -2.33. The highest BCUT2D eigenvalue weighted by Crippen LogP contribution is 2.40. The zero-order valence-electron chi connectivity index (χ0n) is 14.6. The quantitative estimate of drug-likeness (QED) is 0.627. The highest BCUT2D eigenvalue weighted by molar-refractivity contribution is 7.99. The van der Waals surface area contributed by atoms with E-state index >= 15 is 0 Å². The monoisotopic (exact) mass is 381 g/mol. The van der Waals surface area contributed by atoms with Crippen LogP contribution in [0.2, 0.25) is 0 Å². The van der Waals surface area contributed by atoms with Crippen LogP contribution in [0.1, 0.15) is 38.1 Å². The number of para-hydroxylation sites is 1. The Morgan fingerprint density at radius 1 is 1.32 bits per heavy atom. The fourth-order valence-corrected chi connectivity index (χ4v) is 4.22. The molecule has 2 aromatic rings. The van der Waals surface area contributed by atoms with Gasteiger partial charge in [0.1, 0.15) is 5.52 Å². The second-order valence-corrected chi connectivity index (χ2v) is 8.04. The van der Waals surface area contributed by atoms with E-state index in [1.54, 1.807) is 12.1 Å². The Kier molecular flexibility index (Phi) is 5.26. The van der Waals surface area contributed by atoms with Gasteiger partial charge in [-0.15, -0.1) is 22.7 Å². The first-order chi connectivity index (χ1) is 11.1. The maximum Gasteiger partial charge on any atom is 0.250 e. The van der Waals surface area contributed by atoms with Crippen molar-refractivity contribution in [2.75, 3.05) is 5.75 Å². The molecule has 0 fully saturated rings. The van der Waals surface area contributed by atoms with Crippen molar-refractivity contribution in [3.05, 3.63) is 35.4 Å². The van der Waals surface area contributed by atoms with Crippen molar-refractivity contribution in [3.8, 4) is 0 Å². The number of rotatable bonds is 4. The molecule has 0 spiro atoms. The van der Waals surface area contributed by atoms with Crippen LogP contribution < -0.4 is 5.73 Å². The molecule has 6 nitrogen and oxygen atoms in total. The molecule has 0 unspecified atom stereocenters. The number of aromatic amines is 1. The van der Waals surface area contributed by atoms with Gasteiger partial charge < -0.3 is 10.7 Å². The summed E-state index contributed by atoms with van der Waals surface area (Å²) >= 11 is 1.52. The fourth-order valence-electron chi connectivity index (χ4n) is 3.15. The molecule has 0 bridgehead atoms. The van der Waals surface area contributed by atoms with E-state index in [2.05, 4.69) is 9.97 Å². The molecule has 1 amide bonds. The van der Waals surface area contributed by atoms with Gasteiger partial charge in [-0.05, 0) is 45.4 Å². The third kappa shape index (κ3) is 3.42. The maximum atomic E-state index is 12.4. The molecular formula is C17H22ClN4O2S. The summed E-state index contributed by atoms with van der Waals surface area (Å²) in [6.45, 7) is 7.70. The zero-order valence-corrected chi connectivity index (χ0v) is 16.3. The number of nitrogens with zero attached hydrogens (tertiary/aromatic N) is 2. The molecular weight excluding hydrogens is 360 g/mol. The van der Waals surface area contributed by atoms with E-state index in [4.69, 9.17) is 5.73 Å². The van der Waals surface area contributed by atoms with Crippen LogP contribution in [0.25, 0.3) is 11.0 Å². The molecule has 3 N–H and O–H groups in total. The molecule has 3 rings (SSSR count). The van der Waals surface area contributed by atoms with E-state index in [9.17, 15) is 10.0 Å². The number of amides is 1. The minimum Gasteiger partial charge on any atom is -0.366 e. The summed E-state index contributed by atoms with van der Waals surface area (Å²) in [5, 5.41) is 14.3. The normalized spacial score (nSPS) is 18.8. The smallest absolute Gasteiger partial charge is 0.250 e. The van der Waals surface area contributed by atoms with E-state index < -0.39 is 17.0 Å². The number of thioether (sulfide) groups is 1. The van der Waals surface area contributed by atoms with Crippen molar-refractivity contribution < 1.29 is 10.0 Å². The van der Waals surface area contributed by atoms with Gasteiger partial charge >= 0.3 is 0 Å². The number of hydroxylamine groups is 2. The zero-order chi connectivity index (χ0) is 17.7. The first kappa shape index (κ1) is 19.8. The molecule has 1 aliphatic rings. The lowest BCUT2D eigenvalue weighted by Crippen LogP contribution is -2.47. The molecule has 135 valence electrons. The number of carbonyl (C=O) groups is 1. The Hall–Kier alpha value is -1.54. The number of benzene rings is 1. The van der Waals surface area contributed by atoms with Crippen molar-refractivity contribution in [3.63, 3.8) is 0 Å². The predicted molar refractivity (Wildman–Crippen MR) is 101 cm³/mol. The van der Waals surface area contributed by atoms with E-state index in [-0.39, 0.29) is 12.4 Å². The van der Waals surface area contributed by atoms with Crippen molar-refractivity contribution >= 4 is 41.1 Å². The number of primary amides is 1. The Morgan fingerprint density at radius 2 is 2.00 bits per heavy atom. The number of hydrogen-bond acceptors (Lipinski definition) is 4. The van der Waals surface area contributed by atoms with E-state index in [0.29, 0.717) is 22.0 Å². The number of carbonyl (C=O) groups excluding carboxylic acids is 1. The number of fused-ring (bicyclic) bond motifs is 1. The summed E-state index contributed by atoms with van der Waals surface area (Å²) in [7, 11) is 0. The molecule has 0 saturated carbocycles. The molecule has 0 aliphatic carbocycles. The lowest BCUT2D eigenvalue weighted by atomic mass is 9.98. The molecule has 2 heterocycles. The molecule has 0 saturated heterocycles. The summed E-state index contributed by atoms with van der Waals surface area (Å²) in [6.07, 6.45) is 2.03. The van der Waals surface area contributed by atoms with Gasteiger partial charge in [0.05, 0.1) is 22.2 Å². The average molecular weight is 382 g/mol. The maximum absolute atomic E-state index is 12.4. The van der Waals surface area contributed by atoms with Crippen molar-refractivity contribution in [1.29, 1.82) is 0 Å². The number of imidazole rings is 1. The molecule has 25 heavy (non-hydrogen) atoms. The molecule has 8 heteroatoms. The van der Waals surface area contributed by atoms with E-state index in [0.717, 1.165) is 16.2 Å². The number of H-pyrrole nitrogens is 1. The summed E-state index contributed by atoms with van der Waals surface area (Å²) in [4.78, 5) is 19.2. The Labute approximate surface area is 157 Å². The largest absolute Gasteiger partial charge is 0.366 e. The molecule has 0 atom stereocenters. The third-order valence-electron chi connectivity index (χ3n) is 4.47. The van der Waals surface area contributed by atoms with Gasteiger partial charge in [0.15, 0.2) is 5.16 Å². The first-order valence-corrected chi connectivity index (χ1v) is 8.72. The Balaban J connectivity index is 0.00000225. The van der Waals surface area contributed by atoms with Gasteiger partial charge in [-0.2, -0.15) is 0 Å². The van der Waals surface area contributed by atoms with Crippen LogP contribution in [-0.2, 0) is 5.21 Å². The minimum atomic E-state index is -0.541. The minimum absolute atomic E-state index is 0. The highest BCUT2D eigenvalue weighted by Gasteiger charge is 2.46. The van der Waals surface area contributed by atoms with Crippen LogP contribution in [0, 0.1) is 0 Å². The summed E-state index contributed by atoms with van der Waals surface area (Å²) in [5.74, 6) is 0.160. The van der Waals surface area contributed by atoms with E-state index in [1.165, 1.54) is 11.8 Å². The van der Waals surface area contributed by atoms with Crippen LogP contribution in [0.3, 0.4) is 0 Å². The Morgan fingerprint density at radius 3 is 2.56 bits per heavy atom. The third-order valence-corrected chi connectivity index (χ3v) is 5.39. The number of nitrogens with one attached hydrogen (secondary N) is 1. The van der Waals surface area contributed by atoms with Crippen molar-refractivity contribution in [1.82, 2.24) is 15.0 Å². The summed E-state index contributed by atoms with van der Waals surface area (Å²) in [6, 6.07) is 5.30. The van der Waals surface area contributed by atoms with Gasteiger partial charge in [-0.3, -0.25) is 4.79 Å². The number of hydrogen-bond donors (Lipinski definition) is 2. The summed E-state index contributed by atoms with van der Waals surface area (Å²) < 4.78 is 0. The standard InChI is InChI=1S/C17H21N4O2S.ClH/c1-16(2)8-10(17(3,4)21(16)23)9-24-15-19-12-7-5-6-11(14(18)22)13(12)20-15;/h5-8H,9H2,1-4H3,(H2,18,22)(H,19,20);1H. The number of nitrogens with two attached hydrogens (primary N) is 1. The van der Waals surface area contributed by atoms with Crippen LogP contribution >= 0.6 is 24.2 Å². The van der Waals surface area contributed by atoms with Crippen LogP contribution in [0.5, 0.6) is 0 Å². The fraction of sp³-hybridized carbons (Fsp3) is 0.412. The average Bonchev–Trinajstić information content (AvgIpc) is 2.98. The molecule has 1 aromatic carbocycles. The van der Waals surface area contributed by atoms with Gasteiger partial charge in [0.25, 0.3) is 5.91 Å². The predicted octanol–water partition coefficient (Wildman–Crippen LogP) is 3.32. The van der Waals surface area contributed by atoms with Gasteiger partial charge in [0, 0.05) is 5.75 Å². The topological polar surface area (TPSA) is 94.9 Å². The van der Waals surface area contributed by atoms with Crippen LogP contribution in [0.15, 0.2) is 35.0 Å². The number of aromatic nitrogens is 2. The van der Waals surface area contributed by atoms with Crippen molar-refractivity contribution in [2.45, 2.75) is 43.9 Å². The summed E-state index contributed by atoms with van der Waals surface area (Å²) in [5.41, 5.74) is 7.18. The SMILES string of the molecule is CC1(C)C=C(CSc2nc3c(C(N)=O)cccc3[nH]2)C(C)(C)N1[O].Cl. The van der Waals surface area contributed by atoms with E-state index in [1.807, 2.05) is 39.8 Å². The van der Waals surface area contributed by atoms with Gasteiger partial charge in [-0.25, -0.2) is 4.98 Å².